The Morgan fingerprint density at radius 2 is 2.29 bits per heavy atom. The fourth-order valence-corrected chi connectivity index (χ4v) is 4.57. The summed E-state index contributed by atoms with van der Waals surface area (Å²) in [7, 11) is 0. The number of aromatic nitrogens is 3. The number of imidazole rings is 1. The van der Waals surface area contributed by atoms with Gasteiger partial charge in [-0.1, -0.05) is 6.92 Å². The Balaban J connectivity index is 2.02. The highest BCUT2D eigenvalue weighted by Crippen LogP contribution is 2.40. The number of thioether (sulfide) groups is 1. The summed E-state index contributed by atoms with van der Waals surface area (Å²) in [5.41, 5.74) is 3.12. The molecule has 3 atom stereocenters. The monoisotopic (exact) mass is 323 g/mol. The van der Waals surface area contributed by atoms with Crippen LogP contribution in [0.25, 0.3) is 11.2 Å². The molecule has 0 radical (unpaired) electrons. The highest BCUT2D eigenvalue weighted by Gasteiger charge is 2.30. The molecule has 0 aliphatic heterocycles. The largest absolute Gasteiger partial charge is 0.308 e. The zero-order chi connectivity index (χ0) is 15.0. The minimum atomic E-state index is -0.0858. The number of alkyl halides is 1. The van der Waals surface area contributed by atoms with Crippen LogP contribution in [0.5, 0.6) is 0 Å². The van der Waals surface area contributed by atoms with Gasteiger partial charge in [0.25, 0.3) is 0 Å². The quantitative estimate of drug-likeness (QED) is 0.751. The van der Waals surface area contributed by atoms with Crippen molar-refractivity contribution in [3.8, 4) is 0 Å². The van der Waals surface area contributed by atoms with Crippen molar-refractivity contribution in [2.45, 2.75) is 56.7 Å². The van der Waals surface area contributed by atoms with Crippen molar-refractivity contribution in [3.63, 3.8) is 0 Å². The second-order valence-electron chi connectivity index (χ2n) is 5.86. The molecule has 21 heavy (non-hydrogen) atoms. The summed E-state index contributed by atoms with van der Waals surface area (Å²) in [6.45, 7) is 6.29. The van der Waals surface area contributed by atoms with Crippen LogP contribution in [0.1, 0.15) is 55.9 Å². The van der Waals surface area contributed by atoms with E-state index in [1.54, 1.807) is 0 Å². The Morgan fingerprint density at radius 3 is 3.00 bits per heavy atom. The van der Waals surface area contributed by atoms with Gasteiger partial charge in [0.05, 0.1) is 5.38 Å². The van der Waals surface area contributed by atoms with E-state index in [0.29, 0.717) is 6.04 Å². The van der Waals surface area contributed by atoms with Crippen molar-refractivity contribution >= 4 is 34.5 Å². The number of aryl methyl sites for hydroxylation is 1. The number of halogens is 1. The molecule has 2 aromatic rings. The Labute approximate surface area is 135 Å². The van der Waals surface area contributed by atoms with Gasteiger partial charge in [0.15, 0.2) is 5.65 Å². The topological polar surface area (TPSA) is 30.7 Å². The van der Waals surface area contributed by atoms with Crippen molar-refractivity contribution in [2.75, 3.05) is 5.75 Å². The van der Waals surface area contributed by atoms with E-state index >= 15 is 0 Å². The lowest BCUT2D eigenvalue weighted by Crippen LogP contribution is -2.11. The van der Waals surface area contributed by atoms with Gasteiger partial charge in [0.1, 0.15) is 11.3 Å². The van der Waals surface area contributed by atoms with Crippen LogP contribution in [-0.2, 0) is 0 Å². The van der Waals surface area contributed by atoms with E-state index in [-0.39, 0.29) is 5.38 Å². The first-order valence-electron chi connectivity index (χ1n) is 7.70. The first-order chi connectivity index (χ1) is 10.1. The maximum Gasteiger partial charge on any atom is 0.160 e. The van der Waals surface area contributed by atoms with Crippen molar-refractivity contribution in [2.24, 2.45) is 0 Å². The smallest absolute Gasteiger partial charge is 0.160 e. The fraction of sp³-hybridized carbons (Fsp3) is 0.625. The van der Waals surface area contributed by atoms with Crippen molar-refractivity contribution in [1.29, 1.82) is 0 Å². The number of pyridine rings is 1. The first-order valence-corrected chi connectivity index (χ1v) is 9.18. The van der Waals surface area contributed by atoms with Crippen LogP contribution in [0.2, 0.25) is 0 Å². The molecular weight excluding hydrogens is 302 g/mol. The third-order valence-corrected chi connectivity index (χ3v) is 5.60. The predicted molar refractivity (Wildman–Crippen MR) is 91.3 cm³/mol. The molecule has 114 valence electrons. The number of fused-ring (bicyclic) bond motifs is 1. The summed E-state index contributed by atoms with van der Waals surface area (Å²) < 4.78 is 2.31. The van der Waals surface area contributed by atoms with Gasteiger partial charge in [-0.05, 0) is 50.5 Å². The Kier molecular flexibility index (Phi) is 4.46. The van der Waals surface area contributed by atoms with Crippen LogP contribution < -0.4 is 0 Å². The number of hydrogen-bond donors (Lipinski definition) is 0. The summed E-state index contributed by atoms with van der Waals surface area (Å²) >= 11 is 8.45. The molecule has 0 amide bonds. The summed E-state index contributed by atoms with van der Waals surface area (Å²) in [5, 5.41) is 0.679. The maximum absolute atomic E-state index is 6.38. The third-order valence-electron chi connectivity index (χ3n) is 4.17. The number of rotatable bonds is 4. The SMILES string of the molecule is CCSC1CCC(n2c(C(C)Cl)nc3cc(C)cnc32)C1. The van der Waals surface area contributed by atoms with E-state index in [1.165, 1.54) is 25.0 Å². The highest BCUT2D eigenvalue weighted by atomic mass is 35.5. The molecule has 1 aliphatic carbocycles. The molecule has 5 heteroatoms. The average Bonchev–Trinajstić information content (AvgIpc) is 3.02. The third kappa shape index (κ3) is 2.93. The molecule has 2 heterocycles. The van der Waals surface area contributed by atoms with Gasteiger partial charge in [-0.15, -0.1) is 11.6 Å². The molecule has 2 aromatic heterocycles. The number of nitrogens with zero attached hydrogens (tertiary/aromatic N) is 3. The van der Waals surface area contributed by atoms with E-state index < -0.39 is 0 Å². The molecule has 1 fully saturated rings. The standard InChI is InChI=1S/C16H22ClN3S/c1-4-21-13-6-5-12(8-13)20-15(11(3)17)19-14-7-10(2)9-18-16(14)20/h7,9,11-13H,4-6,8H2,1-3H3. The predicted octanol–water partition coefficient (Wildman–Crippen LogP) is 4.89. The van der Waals surface area contributed by atoms with Crippen LogP contribution in [0.15, 0.2) is 12.3 Å². The van der Waals surface area contributed by atoms with Gasteiger partial charge in [-0.2, -0.15) is 11.8 Å². The summed E-state index contributed by atoms with van der Waals surface area (Å²) in [5.74, 6) is 2.16. The van der Waals surface area contributed by atoms with Crippen LogP contribution in [0, 0.1) is 6.92 Å². The van der Waals surface area contributed by atoms with Gasteiger partial charge in [0.2, 0.25) is 0 Å². The molecule has 0 bridgehead atoms. The summed E-state index contributed by atoms with van der Waals surface area (Å²) in [6.07, 6.45) is 5.62. The molecule has 0 spiro atoms. The lowest BCUT2D eigenvalue weighted by atomic mass is 10.2. The fourth-order valence-electron chi connectivity index (χ4n) is 3.28. The van der Waals surface area contributed by atoms with Crippen LogP contribution in [0.4, 0.5) is 0 Å². The molecule has 3 nitrogen and oxygen atoms in total. The second-order valence-corrected chi connectivity index (χ2v) is 8.09. The van der Waals surface area contributed by atoms with E-state index in [2.05, 4.69) is 41.2 Å². The summed E-state index contributed by atoms with van der Waals surface area (Å²) in [4.78, 5) is 9.38. The lowest BCUT2D eigenvalue weighted by Gasteiger charge is -2.17. The van der Waals surface area contributed by atoms with Gasteiger partial charge >= 0.3 is 0 Å². The van der Waals surface area contributed by atoms with Crippen molar-refractivity contribution in [3.05, 3.63) is 23.7 Å². The molecule has 1 saturated carbocycles. The van der Waals surface area contributed by atoms with Gasteiger partial charge in [0, 0.05) is 17.5 Å². The molecule has 0 saturated heterocycles. The zero-order valence-electron chi connectivity index (χ0n) is 12.8. The average molecular weight is 324 g/mol. The normalized spacial score (nSPS) is 23.8. The van der Waals surface area contributed by atoms with Crippen LogP contribution >= 0.6 is 23.4 Å². The Morgan fingerprint density at radius 1 is 1.48 bits per heavy atom. The Hall–Kier alpha value is -0.740. The number of hydrogen-bond acceptors (Lipinski definition) is 3. The highest BCUT2D eigenvalue weighted by molar-refractivity contribution is 7.99. The molecular formula is C16H22ClN3S. The summed E-state index contributed by atoms with van der Waals surface area (Å²) in [6, 6.07) is 2.60. The van der Waals surface area contributed by atoms with E-state index in [1.807, 2.05) is 13.1 Å². The molecule has 3 rings (SSSR count). The van der Waals surface area contributed by atoms with Gasteiger partial charge in [-0.25, -0.2) is 9.97 Å². The maximum atomic E-state index is 6.38. The van der Waals surface area contributed by atoms with Gasteiger partial charge < -0.3 is 4.57 Å². The van der Waals surface area contributed by atoms with E-state index in [4.69, 9.17) is 16.6 Å². The van der Waals surface area contributed by atoms with Crippen molar-refractivity contribution < 1.29 is 0 Å². The molecule has 1 aliphatic rings. The van der Waals surface area contributed by atoms with E-state index in [9.17, 15) is 0 Å². The zero-order valence-corrected chi connectivity index (χ0v) is 14.4. The lowest BCUT2D eigenvalue weighted by molar-refractivity contribution is 0.508. The first kappa shape index (κ1) is 15.2. The van der Waals surface area contributed by atoms with Crippen LogP contribution in [0.3, 0.4) is 0 Å². The Bertz CT molecular complexity index is 638. The molecule has 0 N–H and O–H groups in total. The van der Waals surface area contributed by atoms with E-state index in [0.717, 1.165) is 27.8 Å². The minimum Gasteiger partial charge on any atom is -0.308 e. The second kappa shape index (κ2) is 6.17. The van der Waals surface area contributed by atoms with Gasteiger partial charge in [-0.3, -0.25) is 0 Å². The van der Waals surface area contributed by atoms with Crippen molar-refractivity contribution in [1.82, 2.24) is 14.5 Å². The van der Waals surface area contributed by atoms with Crippen LogP contribution in [-0.4, -0.2) is 25.5 Å². The molecule has 3 unspecified atom stereocenters. The minimum absolute atomic E-state index is 0.0858. The molecule has 0 aromatic carbocycles.